The molecule has 3 unspecified atom stereocenters. The first-order valence-electron chi connectivity index (χ1n) is 8.51. The summed E-state index contributed by atoms with van der Waals surface area (Å²) in [6, 6.07) is 12.2. The Morgan fingerprint density at radius 2 is 1.80 bits per heavy atom. The third-order valence-electron chi connectivity index (χ3n) is 4.91. The molecular weight excluding hydrogens is 242 g/mol. The van der Waals surface area contributed by atoms with Crippen molar-refractivity contribution in [3.8, 4) is 0 Å². The molecule has 1 aliphatic carbocycles. The first-order chi connectivity index (χ1) is 9.70. The number of nitrogens with one attached hydrogen (secondary N) is 1. The van der Waals surface area contributed by atoms with E-state index in [2.05, 4.69) is 56.4 Å². The van der Waals surface area contributed by atoms with Crippen molar-refractivity contribution in [1.29, 1.82) is 0 Å². The molecule has 1 aromatic rings. The molecule has 1 aromatic carbocycles. The molecule has 0 aliphatic heterocycles. The summed E-state index contributed by atoms with van der Waals surface area (Å²) in [5.74, 6) is 1.61. The van der Waals surface area contributed by atoms with Crippen molar-refractivity contribution in [2.75, 3.05) is 0 Å². The molecule has 1 heteroatoms. The van der Waals surface area contributed by atoms with Crippen molar-refractivity contribution in [1.82, 2.24) is 5.32 Å². The molecule has 2 rings (SSSR count). The zero-order valence-electron chi connectivity index (χ0n) is 13.4. The highest BCUT2D eigenvalue weighted by Gasteiger charge is 2.22. The highest BCUT2D eigenvalue weighted by atomic mass is 15.0. The average molecular weight is 273 g/mol. The number of benzene rings is 1. The van der Waals surface area contributed by atoms with Crippen LogP contribution in [0.25, 0.3) is 0 Å². The number of hydrogen-bond donors (Lipinski definition) is 1. The maximum Gasteiger partial charge on any atom is 0.0345 e. The molecule has 0 amide bonds. The molecular formula is C19H31N. The molecule has 0 spiro atoms. The van der Waals surface area contributed by atoms with Gasteiger partial charge in [-0.25, -0.2) is 0 Å². The molecule has 1 N–H and O–H groups in total. The molecule has 1 saturated carbocycles. The maximum atomic E-state index is 3.96. The van der Waals surface area contributed by atoms with Gasteiger partial charge in [0.2, 0.25) is 0 Å². The molecule has 20 heavy (non-hydrogen) atoms. The van der Waals surface area contributed by atoms with Crippen LogP contribution < -0.4 is 5.32 Å². The van der Waals surface area contributed by atoms with Gasteiger partial charge >= 0.3 is 0 Å². The minimum absolute atomic E-state index is 0.499. The van der Waals surface area contributed by atoms with Crippen LogP contribution in [0.15, 0.2) is 30.3 Å². The van der Waals surface area contributed by atoms with E-state index in [0.717, 1.165) is 5.92 Å². The highest BCUT2D eigenvalue weighted by Crippen LogP contribution is 2.29. The van der Waals surface area contributed by atoms with Gasteiger partial charge in [0.15, 0.2) is 0 Å². The Morgan fingerprint density at radius 3 is 2.45 bits per heavy atom. The van der Waals surface area contributed by atoms with Gasteiger partial charge in [0.05, 0.1) is 0 Å². The maximum absolute atomic E-state index is 3.96. The van der Waals surface area contributed by atoms with Crippen LogP contribution in [0.3, 0.4) is 0 Å². The predicted molar refractivity (Wildman–Crippen MR) is 87.8 cm³/mol. The Morgan fingerprint density at radius 1 is 1.05 bits per heavy atom. The Bertz CT molecular complexity index is 371. The number of rotatable bonds is 5. The fraction of sp³-hybridized carbons (Fsp3) is 0.684. The summed E-state index contributed by atoms with van der Waals surface area (Å²) in [6.45, 7) is 7.01. The quantitative estimate of drug-likeness (QED) is 0.715. The largest absolute Gasteiger partial charge is 0.307 e. The summed E-state index contributed by atoms with van der Waals surface area (Å²) >= 11 is 0. The molecule has 1 nitrogen and oxygen atoms in total. The second kappa shape index (κ2) is 7.83. The van der Waals surface area contributed by atoms with Gasteiger partial charge in [-0.15, -0.1) is 0 Å². The van der Waals surface area contributed by atoms with E-state index in [1.54, 1.807) is 0 Å². The zero-order chi connectivity index (χ0) is 14.4. The molecule has 0 aromatic heterocycles. The van der Waals surface area contributed by atoms with Gasteiger partial charge < -0.3 is 5.32 Å². The molecule has 1 aliphatic rings. The van der Waals surface area contributed by atoms with Gasteiger partial charge in [0.25, 0.3) is 0 Å². The normalized spacial score (nSPS) is 25.4. The third kappa shape index (κ3) is 4.34. The molecule has 0 radical (unpaired) electrons. The van der Waals surface area contributed by atoms with Gasteiger partial charge in [0, 0.05) is 12.1 Å². The van der Waals surface area contributed by atoms with Crippen LogP contribution in [0.2, 0.25) is 0 Å². The average Bonchev–Trinajstić information content (AvgIpc) is 2.70. The topological polar surface area (TPSA) is 12.0 Å². The Kier molecular flexibility index (Phi) is 6.09. The van der Waals surface area contributed by atoms with Crippen molar-refractivity contribution >= 4 is 0 Å². The summed E-state index contributed by atoms with van der Waals surface area (Å²) in [5, 5.41) is 3.96. The van der Waals surface area contributed by atoms with Crippen LogP contribution in [0.5, 0.6) is 0 Å². The monoisotopic (exact) mass is 273 g/mol. The van der Waals surface area contributed by atoms with Gasteiger partial charge in [-0.1, -0.05) is 70.4 Å². The minimum atomic E-state index is 0.499. The van der Waals surface area contributed by atoms with E-state index < -0.39 is 0 Å². The van der Waals surface area contributed by atoms with E-state index in [1.807, 2.05) is 0 Å². The van der Waals surface area contributed by atoms with E-state index in [9.17, 15) is 0 Å². The summed E-state index contributed by atoms with van der Waals surface area (Å²) in [4.78, 5) is 0. The van der Waals surface area contributed by atoms with Crippen LogP contribution in [-0.2, 0) is 0 Å². The lowest BCUT2D eigenvalue weighted by atomic mass is 9.94. The van der Waals surface area contributed by atoms with Crippen molar-refractivity contribution in [3.05, 3.63) is 35.9 Å². The summed E-state index contributed by atoms with van der Waals surface area (Å²) in [6.07, 6.45) is 8.32. The minimum Gasteiger partial charge on any atom is -0.307 e. The van der Waals surface area contributed by atoms with E-state index >= 15 is 0 Å². The summed E-state index contributed by atoms with van der Waals surface area (Å²) in [7, 11) is 0. The number of hydrogen-bond acceptors (Lipinski definition) is 1. The van der Waals surface area contributed by atoms with Gasteiger partial charge in [-0.3, -0.25) is 0 Å². The molecule has 3 atom stereocenters. The van der Waals surface area contributed by atoms with Crippen LogP contribution >= 0.6 is 0 Å². The first-order valence-corrected chi connectivity index (χ1v) is 8.51. The Balaban J connectivity index is 1.98. The second-order valence-electron chi connectivity index (χ2n) is 6.78. The van der Waals surface area contributed by atoms with E-state index in [1.165, 1.54) is 44.1 Å². The molecule has 0 saturated heterocycles. The standard InChI is InChI=1S/C19H31N/c1-4-16-9-8-12-18(14-13-16)20-19(15(2)3)17-10-6-5-7-11-17/h5-7,10-11,15-16,18-20H,4,8-9,12-14H2,1-3H3. The lowest BCUT2D eigenvalue weighted by Gasteiger charge is -2.28. The molecule has 0 heterocycles. The summed E-state index contributed by atoms with van der Waals surface area (Å²) < 4.78 is 0. The fourth-order valence-electron chi connectivity index (χ4n) is 3.54. The Labute approximate surface area is 125 Å². The van der Waals surface area contributed by atoms with Crippen LogP contribution in [0, 0.1) is 11.8 Å². The summed E-state index contributed by atoms with van der Waals surface area (Å²) in [5.41, 5.74) is 1.44. The fourth-order valence-corrected chi connectivity index (χ4v) is 3.54. The van der Waals surface area contributed by atoms with E-state index in [4.69, 9.17) is 0 Å². The van der Waals surface area contributed by atoms with Crippen molar-refractivity contribution < 1.29 is 0 Å². The van der Waals surface area contributed by atoms with Crippen molar-refractivity contribution in [2.24, 2.45) is 11.8 Å². The van der Waals surface area contributed by atoms with Crippen LogP contribution in [0.4, 0.5) is 0 Å². The second-order valence-corrected chi connectivity index (χ2v) is 6.78. The van der Waals surface area contributed by atoms with Gasteiger partial charge in [0.1, 0.15) is 0 Å². The molecule has 1 fully saturated rings. The Hall–Kier alpha value is -0.820. The van der Waals surface area contributed by atoms with Crippen LogP contribution in [-0.4, -0.2) is 6.04 Å². The smallest absolute Gasteiger partial charge is 0.0345 e. The SMILES string of the molecule is CCC1CCCC(NC(c2ccccc2)C(C)C)CC1. The van der Waals surface area contributed by atoms with Gasteiger partial charge in [-0.2, -0.15) is 0 Å². The van der Waals surface area contributed by atoms with Crippen molar-refractivity contribution in [3.63, 3.8) is 0 Å². The third-order valence-corrected chi connectivity index (χ3v) is 4.91. The van der Waals surface area contributed by atoms with E-state index in [-0.39, 0.29) is 0 Å². The lowest BCUT2D eigenvalue weighted by Crippen LogP contribution is -2.35. The van der Waals surface area contributed by atoms with Gasteiger partial charge in [-0.05, 0) is 36.7 Å². The lowest BCUT2D eigenvalue weighted by molar-refractivity contribution is 0.334. The molecule has 112 valence electrons. The molecule has 0 bridgehead atoms. The van der Waals surface area contributed by atoms with E-state index in [0.29, 0.717) is 18.0 Å². The van der Waals surface area contributed by atoms with Crippen LogP contribution in [0.1, 0.15) is 70.9 Å². The highest BCUT2D eigenvalue weighted by molar-refractivity contribution is 5.19. The zero-order valence-corrected chi connectivity index (χ0v) is 13.4. The first kappa shape index (κ1) is 15.6. The predicted octanol–water partition coefficient (Wildman–Crippen LogP) is 5.33. The van der Waals surface area contributed by atoms with Crippen molar-refractivity contribution in [2.45, 2.75) is 71.4 Å².